The van der Waals surface area contributed by atoms with Gasteiger partial charge in [-0.3, -0.25) is 4.79 Å². The van der Waals surface area contributed by atoms with Crippen LogP contribution in [0.4, 0.5) is 17.3 Å². The van der Waals surface area contributed by atoms with Gasteiger partial charge in [-0.15, -0.1) is 6.58 Å². The van der Waals surface area contributed by atoms with Crippen molar-refractivity contribution in [1.82, 2.24) is 29.2 Å². The number of rotatable bonds is 8. The number of anilines is 3. The molecule has 0 unspecified atom stereocenters. The normalized spacial score (nSPS) is 16.8. The lowest BCUT2D eigenvalue weighted by atomic mass is 10.1. The standard InChI is InChI=1S/C29H34N8O2S/c1-3-13-36-28(38)24-20-30-29(31-21-7-9-22(10-8-21)35-16-18-40-19-17-35)33-27(24)37(36)25-5-4-6-26(32-25)39-23-11-14-34(2)15-12-23/h3-10,20,23H,1,11-19H2,2H3,(H,30,31,33). The molecular weight excluding hydrogens is 524 g/mol. The second kappa shape index (κ2) is 11.7. The molecule has 6 rings (SSSR count). The quantitative estimate of drug-likeness (QED) is 0.323. The van der Waals surface area contributed by atoms with Crippen LogP contribution >= 0.6 is 11.8 Å². The van der Waals surface area contributed by atoms with E-state index >= 15 is 0 Å². The number of nitrogens with one attached hydrogen (secondary N) is 1. The highest BCUT2D eigenvalue weighted by Crippen LogP contribution is 2.24. The summed E-state index contributed by atoms with van der Waals surface area (Å²) in [6.07, 6.45) is 5.29. The van der Waals surface area contributed by atoms with Gasteiger partial charge in [-0.2, -0.15) is 21.7 Å². The van der Waals surface area contributed by atoms with E-state index in [-0.39, 0.29) is 11.7 Å². The van der Waals surface area contributed by atoms with Crippen LogP contribution in [0, 0.1) is 0 Å². The van der Waals surface area contributed by atoms with Gasteiger partial charge in [0.2, 0.25) is 11.8 Å². The highest BCUT2D eigenvalue weighted by Gasteiger charge is 2.21. The topological polar surface area (TPSA) is 93.3 Å². The average Bonchev–Trinajstić information content (AvgIpc) is 3.26. The number of fused-ring (bicyclic) bond motifs is 1. The van der Waals surface area contributed by atoms with Crippen LogP contribution in [0.2, 0.25) is 0 Å². The smallest absolute Gasteiger partial charge is 0.278 e. The Balaban J connectivity index is 1.30. The largest absolute Gasteiger partial charge is 0.474 e. The van der Waals surface area contributed by atoms with Crippen LogP contribution < -0.4 is 20.5 Å². The van der Waals surface area contributed by atoms with E-state index in [1.807, 2.05) is 42.1 Å². The van der Waals surface area contributed by atoms with Crippen molar-refractivity contribution >= 4 is 40.1 Å². The summed E-state index contributed by atoms with van der Waals surface area (Å²) in [6, 6.07) is 13.9. The first-order valence-electron chi connectivity index (χ1n) is 13.7. The maximum atomic E-state index is 13.3. The number of aromatic nitrogens is 5. The lowest BCUT2D eigenvalue weighted by Crippen LogP contribution is -2.35. The maximum absolute atomic E-state index is 13.3. The van der Waals surface area contributed by atoms with Gasteiger partial charge >= 0.3 is 0 Å². The molecule has 2 saturated heterocycles. The molecule has 0 saturated carbocycles. The Hall–Kier alpha value is -3.83. The summed E-state index contributed by atoms with van der Waals surface area (Å²) < 4.78 is 9.53. The van der Waals surface area contributed by atoms with E-state index in [0.717, 1.165) is 56.2 Å². The molecule has 4 aromatic rings. The zero-order chi connectivity index (χ0) is 27.5. The lowest BCUT2D eigenvalue weighted by molar-refractivity contribution is 0.110. The van der Waals surface area contributed by atoms with E-state index in [2.05, 4.69) is 45.9 Å². The highest BCUT2D eigenvalue weighted by atomic mass is 32.2. The van der Waals surface area contributed by atoms with Gasteiger partial charge in [0.05, 0.1) is 6.54 Å². The molecule has 10 nitrogen and oxygen atoms in total. The van der Waals surface area contributed by atoms with Gasteiger partial charge in [0.25, 0.3) is 5.56 Å². The van der Waals surface area contributed by atoms with Crippen LogP contribution in [0.1, 0.15) is 12.8 Å². The van der Waals surface area contributed by atoms with E-state index in [1.54, 1.807) is 21.6 Å². The van der Waals surface area contributed by atoms with Crippen molar-refractivity contribution in [2.75, 3.05) is 54.9 Å². The van der Waals surface area contributed by atoms with Gasteiger partial charge in [-0.25, -0.2) is 14.3 Å². The number of ether oxygens (including phenoxy) is 1. The summed E-state index contributed by atoms with van der Waals surface area (Å²) in [5.41, 5.74) is 2.36. The maximum Gasteiger partial charge on any atom is 0.278 e. The minimum atomic E-state index is -0.200. The monoisotopic (exact) mass is 558 g/mol. The summed E-state index contributed by atoms with van der Waals surface area (Å²) in [5, 5.41) is 3.71. The van der Waals surface area contributed by atoms with Gasteiger partial charge in [-0.05, 0) is 50.2 Å². The summed E-state index contributed by atoms with van der Waals surface area (Å²) in [4.78, 5) is 32.0. The fourth-order valence-corrected chi connectivity index (χ4v) is 6.08. The number of piperidine rings is 1. The van der Waals surface area contributed by atoms with Gasteiger partial charge < -0.3 is 19.9 Å². The predicted molar refractivity (Wildman–Crippen MR) is 162 cm³/mol. The molecule has 2 fully saturated rings. The average molecular weight is 559 g/mol. The molecule has 2 aliphatic heterocycles. The van der Waals surface area contributed by atoms with Crippen molar-refractivity contribution in [3.63, 3.8) is 0 Å². The van der Waals surface area contributed by atoms with Crippen LogP contribution in [0.25, 0.3) is 16.9 Å². The van der Waals surface area contributed by atoms with Gasteiger partial charge in [0.15, 0.2) is 11.5 Å². The Morgan fingerprint density at radius 1 is 1.07 bits per heavy atom. The van der Waals surface area contributed by atoms with Gasteiger partial charge in [0, 0.05) is 61.3 Å². The molecular formula is C29H34N8O2S. The molecule has 1 aromatic carbocycles. The molecule has 40 heavy (non-hydrogen) atoms. The molecule has 0 radical (unpaired) electrons. The minimum Gasteiger partial charge on any atom is -0.474 e. The molecule has 1 N–H and O–H groups in total. The Morgan fingerprint density at radius 2 is 1.85 bits per heavy atom. The highest BCUT2D eigenvalue weighted by molar-refractivity contribution is 7.99. The fourth-order valence-electron chi connectivity index (χ4n) is 5.18. The van der Waals surface area contributed by atoms with Crippen LogP contribution in [0.5, 0.6) is 5.88 Å². The van der Waals surface area contributed by atoms with Crippen molar-refractivity contribution in [3.8, 4) is 11.7 Å². The molecule has 208 valence electrons. The number of nitrogens with zero attached hydrogens (tertiary/aromatic N) is 7. The minimum absolute atomic E-state index is 0.119. The van der Waals surface area contributed by atoms with E-state index < -0.39 is 0 Å². The van der Waals surface area contributed by atoms with Crippen molar-refractivity contribution < 1.29 is 4.74 Å². The Labute approximate surface area is 237 Å². The summed E-state index contributed by atoms with van der Waals surface area (Å²) in [6.45, 7) is 8.27. The fraction of sp³-hybridized carbons (Fsp3) is 0.379. The zero-order valence-electron chi connectivity index (χ0n) is 22.7. The number of allylic oxidation sites excluding steroid dienone is 1. The first kappa shape index (κ1) is 26.4. The first-order chi connectivity index (χ1) is 19.6. The third kappa shape index (κ3) is 5.57. The predicted octanol–water partition coefficient (Wildman–Crippen LogP) is 3.93. The molecule has 0 spiro atoms. The summed E-state index contributed by atoms with van der Waals surface area (Å²) >= 11 is 2.00. The summed E-state index contributed by atoms with van der Waals surface area (Å²) in [5.74, 6) is 3.80. The van der Waals surface area contributed by atoms with Crippen LogP contribution in [-0.2, 0) is 6.54 Å². The summed E-state index contributed by atoms with van der Waals surface area (Å²) in [7, 11) is 2.13. The van der Waals surface area contributed by atoms with Crippen molar-refractivity contribution in [2.45, 2.75) is 25.5 Å². The zero-order valence-corrected chi connectivity index (χ0v) is 23.5. The van der Waals surface area contributed by atoms with Gasteiger partial charge in [0.1, 0.15) is 11.5 Å². The molecule has 2 aliphatic rings. The van der Waals surface area contributed by atoms with Crippen LogP contribution in [0.15, 0.2) is 66.1 Å². The Morgan fingerprint density at radius 3 is 2.60 bits per heavy atom. The number of hydrogen-bond donors (Lipinski definition) is 1. The SMILES string of the molecule is C=CCn1c(=O)c2cnc(Nc3ccc(N4CCSCC4)cc3)nc2n1-c1cccc(OC2CCN(C)CC2)n1. The molecule has 0 aliphatic carbocycles. The van der Waals surface area contributed by atoms with Crippen LogP contribution in [-0.4, -0.2) is 80.1 Å². The third-order valence-electron chi connectivity index (χ3n) is 7.36. The molecule has 0 amide bonds. The number of likely N-dealkylation sites (tertiary alicyclic amines) is 1. The Bertz CT molecular complexity index is 1540. The van der Waals surface area contributed by atoms with E-state index in [0.29, 0.717) is 35.2 Å². The molecule has 3 aromatic heterocycles. The number of benzene rings is 1. The van der Waals surface area contributed by atoms with Crippen LogP contribution in [0.3, 0.4) is 0 Å². The lowest BCUT2D eigenvalue weighted by Gasteiger charge is -2.29. The van der Waals surface area contributed by atoms with Crippen molar-refractivity contribution in [2.24, 2.45) is 0 Å². The molecule has 5 heterocycles. The second-order valence-corrected chi connectivity index (χ2v) is 11.4. The van der Waals surface area contributed by atoms with Crippen molar-refractivity contribution in [3.05, 3.63) is 71.7 Å². The molecule has 11 heteroatoms. The van der Waals surface area contributed by atoms with E-state index in [9.17, 15) is 4.79 Å². The Kier molecular flexibility index (Phi) is 7.74. The number of hydrogen-bond acceptors (Lipinski definition) is 9. The third-order valence-corrected chi connectivity index (χ3v) is 8.30. The molecule has 0 atom stereocenters. The van der Waals surface area contributed by atoms with E-state index in [4.69, 9.17) is 14.7 Å². The molecule has 0 bridgehead atoms. The number of pyridine rings is 1. The first-order valence-corrected chi connectivity index (χ1v) is 14.9. The van der Waals surface area contributed by atoms with Gasteiger partial charge in [-0.1, -0.05) is 12.1 Å². The second-order valence-electron chi connectivity index (χ2n) is 10.1. The number of thioether (sulfide) groups is 1. The van der Waals surface area contributed by atoms with E-state index in [1.165, 1.54) is 5.69 Å². The van der Waals surface area contributed by atoms with Crippen molar-refractivity contribution in [1.29, 1.82) is 0 Å².